The lowest BCUT2D eigenvalue weighted by molar-refractivity contribution is 1.18. The third kappa shape index (κ3) is 7.20. The summed E-state index contributed by atoms with van der Waals surface area (Å²) in [6.45, 7) is 0. The second kappa shape index (κ2) is 16.0. The SMILES string of the molecule is c1ccc(-c2ccc(-c3cc(-c4ccc(-c5ccc(-c6ccc7ccc8c(-c9ccccc9)cc(-c9ccccc9)nc8c7n6)cc5)cc4)nc(-c4ccccc4)n3)cc2)cc1. The number of rotatable bonds is 8. The molecule has 0 saturated carbocycles. The van der Waals surface area contributed by atoms with Crippen molar-refractivity contribution < 1.29 is 0 Å². The molecule has 0 bridgehead atoms. The maximum atomic E-state index is 5.29. The van der Waals surface area contributed by atoms with Crippen LogP contribution >= 0.6 is 0 Å². The van der Waals surface area contributed by atoms with Gasteiger partial charge in [-0.3, -0.25) is 0 Å². The minimum atomic E-state index is 0.698. The van der Waals surface area contributed by atoms with E-state index in [1.54, 1.807) is 0 Å². The predicted molar refractivity (Wildman–Crippen MR) is 256 cm³/mol. The molecule has 0 fully saturated rings. The Morgan fingerprint density at radius 2 is 0.597 bits per heavy atom. The average Bonchev–Trinajstić information content (AvgIpc) is 3.37. The smallest absolute Gasteiger partial charge is 0.160 e. The molecule has 0 spiro atoms. The number of benzene rings is 8. The Balaban J connectivity index is 0.912. The molecule has 0 aliphatic carbocycles. The molecule has 0 N–H and O–H groups in total. The summed E-state index contributed by atoms with van der Waals surface area (Å²) in [5.41, 5.74) is 17.5. The molecule has 0 atom stereocenters. The highest BCUT2D eigenvalue weighted by molar-refractivity contribution is 6.09. The van der Waals surface area contributed by atoms with Gasteiger partial charge in [-0.1, -0.05) is 212 Å². The molecule has 0 saturated heterocycles. The van der Waals surface area contributed by atoms with Crippen molar-refractivity contribution in [1.82, 2.24) is 19.9 Å². The number of pyridine rings is 2. The molecule has 0 radical (unpaired) electrons. The minimum Gasteiger partial charge on any atom is -0.245 e. The van der Waals surface area contributed by atoms with Crippen molar-refractivity contribution >= 4 is 21.8 Å². The van der Waals surface area contributed by atoms with E-state index in [0.29, 0.717) is 5.82 Å². The largest absolute Gasteiger partial charge is 0.245 e. The topological polar surface area (TPSA) is 51.6 Å². The van der Waals surface area contributed by atoms with E-state index in [2.05, 4.69) is 200 Å². The molecule has 62 heavy (non-hydrogen) atoms. The van der Waals surface area contributed by atoms with Gasteiger partial charge in [0.25, 0.3) is 0 Å². The van der Waals surface area contributed by atoms with Gasteiger partial charge in [0.1, 0.15) is 0 Å². The quantitative estimate of drug-likeness (QED) is 0.144. The van der Waals surface area contributed by atoms with E-state index in [4.69, 9.17) is 19.9 Å². The van der Waals surface area contributed by atoms with E-state index in [1.807, 2.05) is 30.3 Å². The third-order valence-electron chi connectivity index (χ3n) is 11.5. The van der Waals surface area contributed by atoms with Crippen molar-refractivity contribution in [3.63, 3.8) is 0 Å². The van der Waals surface area contributed by atoms with Gasteiger partial charge in [0.05, 0.1) is 33.8 Å². The van der Waals surface area contributed by atoms with Crippen LogP contribution < -0.4 is 0 Å². The molecule has 8 aromatic carbocycles. The molecule has 11 aromatic rings. The second-order valence-electron chi connectivity index (χ2n) is 15.4. The first-order chi connectivity index (χ1) is 30.7. The Kier molecular flexibility index (Phi) is 9.49. The summed E-state index contributed by atoms with van der Waals surface area (Å²) >= 11 is 0. The van der Waals surface area contributed by atoms with Crippen LogP contribution in [0.3, 0.4) is 0 Å². The van der Waals surface area contributed by atoms with Gasteiger partial charge in [-0.15, -0.1) is 0 Å². The molecule has 4 heteroatoms. The zero-order chi connectivity index (χ0) is 41.2. The van der Waals surface area contributed by atoms with Gasteiger partial charge in [0.2, 0.25) is 0 Å². The number of nitrogens with zero attached hydrogens (tertiary/aromatic N) is 4. The molecule has 11 rings (SSSR count). The molecular weight excluding hydrogens is 753 g/mol. The summed E-state index contributed by atoms with van der Waals surface area (Å²) in [4.78, 5) is 20.7. The summed E-state index contributed by atoms with van der Waals surface area (Å²) in [7, 11) is 0. The average molecular weight is 791 g/mol. The standard InChI is InChI=1S/C58H38N4/c1-5-13-39(14-6-1)40-23-29-46(30-24-40)54-38-55(62-58(61-54)49-19-11-4-12-20-49)47-31-25-42(26-32-47)41-21-27-45(28-22-41)52-36-34-48-33-35-50-51(43-15-7-2-8-16-43)37-53(44-17-9-3-10-18-44)60-57(50)56(48)59-52/h1-38H. The van der Waals surface area contributed by atoms with E-state index < -0.39 is 0 Å². The molecule has 3 aromatic heterocycles. The van der Waals surface area contributed by atoms with Gasteiger partial charge in [-0.25, -0.2) is 19.9 Å². The van der Waals surface area contributed by atoms with E-state index in [0.717, 1.165) is 94.7 Å². The number of hydrogen-bond acceptors (Lipinski definition) is 4. The Labute approximate surface area is 360 Å². The summed E-state index contributed by atoms with van der Waals surface area (Å²) in [6, 6.07) is 80.4. The molecule has 0 amide bonds. The maximum Gasteiger partial charge on any atom is 0.160 e. The minimum absolute atomic E-state index is 0.698. The predicted octanol–water partition coefficient (Wildman–Crippen LogP) is 14.9. The van der Waals surface area contributed by atoms with Crippen molar-refractivity contribution in [1.29, 1.82) is 0 Å². The first kappa shape index (κ1) is 36.7. The Hall–Kier alpha value is -8.34. The van der Waals surface area contributed by atoms with Crippen molar-refractivity contribution in [3.8, 4) is 89.8 Å². The van der Waals surface area contributed by atoms with Gasteiger partial charge < -0.3 is 0 Å². The van der Waals surface area contributed by atoms with Crippen LogP contribution in [0.1, 0.15) is 0 Å². The lowest BCUT2D eigenvalue weighted by atomic mass is 9.96. The molecule has 0 aliphatic heterocycles. The Morgan fingerprint density at radius 3 is 1.13 bits per heavy atom. The molecular formula is C58H38N4. The first-order valence-corrected chi connectivity index (χ1v) is 20.9. The van der Waals surface area contributed by atoms with Crippen molar-refractivity contribution in [2.75, 3.05) is 0 Å². The van der Waals surface area contributed by atoms with Crippen LogP contribution in [0.5, 0.6) is 0 Å². The van der Waals surface area contributed by atoms with Gasteiger partial charge in [-0.2, -0.15) is 0 Å². The lowest BCUT2D eigenvalue weighted by Crippen LogP contribution is -1.96. The summed E-state index contributed by atoms with van der Waals surface area (Å²) in [5, 5.41) is 2.14. The van der Waals surface area contributed by atoms with Crippen LogP contribution in [0.2, 0.25) is 0 Å². The highest BCUT2D eigenvalue weighted by Crippen LogP contribution is 2.37. The zero-order valence-corrected chi connectivity index (χ0v) is 33.7. The van der Waals surface area contributed by atoms with Crippen LogP contribution in [0.25, 0.3) is 112 Å². The first-order valence-electron chi connectivity index (χ1n) is 20.9. The molecule has 0 aliphatic rings. The van der Waals surface area contributed by atoms with E-state index in [-0.39, 0.29) is 0 Å². The van der Waals surface area contributed by atoms with Crippen LogP contribution in [0.4, 0.5) is 0 Å². The van der Waals surface area contributed by atoms with E-state index in [1.165, 1.54) is 11.1 Å². The maximum absolute atomic E-state index is 5.29. The van der Waals surface area contributed by atoms with Crippen molar-refractivity contribution in [2.45, 2.75) is 0 Å². The summed E-state index contributed by atoms with van der Waals surface area (Å²) in [5.74, 6) is 0.698. The fourth-order valence-electron chi connectivity index (χ4n) is 8.24. The molecule has 0 unspecified atom stereocenters. The lowest BCUT2D eigenvalue weighted by Gasteiger charge is -2.13. The molecule has 3 heterocycles. The Bertz CT molecular complexity index is 3330. The highest BCUT2D eigenvalue weighted by atomic mass is 14.9. The van der Waals surface area contributed by atoms with E-state index in [9.17, 15) is 0 Å². The van der Waals surface area contributed by atoms with Gasteiger partial charge in [0, 0.05) is 38.6 Å². The molecule has 290 valence electrons. The number of fused-ring (bicyclic) bond motifs is 3. The van der Waals surface area contributed by atoms with Crippen molar-refractivity contribution in [2.24, 2.45) is 0 Å². The number of aromatic nitrogens is 4. The van der Waals surface area contributed by atoms with Crippen LogP contribution in [-0.4, -0.2) is 19.9 Å². The zero-order valence-electron chi connectivity index (χ0n) is 33.7. The summed E-state index contributed by atoms with van der Waals surface area (Å²) < 4.78 is 0. The normalized spacial score (nSPS) is 11.2. The Morgan fingerprint density at radius 1 is 0.226 bits per heavy atom. The monoisotopic (exact) mass is 790 g/mol. The number of hydrogen-bond donors (Lipinski definition) is 0. The fraction of sp³-hybridized carbons (Fsp3) is 0. The van der Waals surface area contributed by atoms with Gasteiger partial charge in [0.15, 0.2) is 5.82 Å². The van der Waals surface area contributed by atoms with Gasteiger partial charge >= 0.3 is 0 Å². The van der Waals surface area contributed by atoms with E-state index >= 15 is 0 Å². The van der Waals surface area contributed by atoms with Crippen LogP contribution in [0, 0.1) is 0 Å². The molecule has 4 nitrogen and oxygen atoms in total. The highest BCUT2D eigenvalue weighted by Gasteiger charge is 2.15. The van der Waals surface area contributed by atoms with Crippen LogP contribution in [0.15, 0.2) is 231 Å². The van der Waals surface area contributed by atoms with Crippen molar-refractivity contribution in [3.05, 3.63) is 231 Å². The van der Waals surface area contributed by atoms with Crippen LogP contribution in [-0.2, 0) is 0 Å². The third-order valence-corrected chi connectivity index (χ3v) is 11.5. The fourth-order valence-corrected chi connectivity index (χ4v) is 8.24. The second-order valence-corrected chi connectivity index (χ2v) is 15.4. The summed E-state index contributed by atoms with van der Waals surface area (Å²) in [6.07, 6.45) is 0. The van der Waals surface area contributed by atoms with Gasteiger partial charge in [-0.05, 0) is 51.6 Å².